The minimum absolute atomic E-state index is 0.0146. The fourth-order valence-electron chi connectivity index (χ4n) is 4.83. The van der Waals surface area contributed by atoms with Gasteiger partial charge in [-0.15, -0.1) is 0 Å². The average Bonchev–Trinajstić information content (AvgIpc) is 2.94. The van der Waals surface area contributed by atoms with Gasteiger partial charge in [-0.3, -0.25) is 9.59 Å². The van der Waals surface area contributed by atoms with Crippen molar-refractivity contribution in [2.24, 2.45) is 5.92 Å². The SMILES string of the molecule is C[C@H]1CN([C@@H](C)CO)C(=O)c2ccccc2-c2ccccc2CO[C@H]1CN(C)C(=O)Cc1ccccc1. The number of carbonyl (C=O) groups excluding carboxylic acids is 2. The number of hydrogen-bond donors (Lipinski definition) is 1. The van der Waals surface area contributed by atoms with E-state index in [1.165, 1.54) is 0 Å². The lowest BCUT2D eigenvalue weighted by Gasteiger charge is -2.35. The van der Waals surface area contributed by atoms with Crippen molar-refractivity contribution in [3.8, 4) is 11.1 Å². The van der Waals surface area contributed by atoms with E-state index in [1.807, 2.05) is 92.7 Å². The van der Waals surface area contributed by atoms with E-state index in [4.69, 9.17) is 4.74 Å². The Hall–Kier alpha value is -3.48. The molecule has 6 nitrogen and oxygen atoms in total. The Morgan fingerprint density at radius 1 is 1.00 bits per heavy atom. The van der Waals surface area contributed by atoms with E-state index in [0.29, 0.717) is 31.7 Å². The zero-order valence-electron chi connectivity index (χ0n) is 21.8. The number of hydrogen-bond acceptors (Lipinski definition) is 4. The minimum atomic E-state index is -0.364. The molecule has 0 aliphatic carbocycles. The summed E-state index contributed by atoms with van der Waals surface area (Å²) in [5.74, 6) is -0.184. The highest BCUT2D eigenvalue weighted by atomic mass is 16.5. The fourth-order valence-corrected chi connectivity index (χ4v) is 4.83. The van der Waals surface area contributed by atoms with Crippen LogP contribution in [0.1, 0.15) is 35.3 Å². The number of fused-ring (bicyclic) bond motifs is 3. The van der Waals surface area contributed by atoms with Gasteiger partial charge in [0.2, 0.25) is 5.91 Å². The van der Waals surface area contributed by atoms with Gasteiger partial charge in [0.1, 0.15) is 0 Å². The smallest absolute Gasteiger partial charge is 0.254 e. The minimum Gasteiger partial charge on any atom is -0.394 e. The molecular formula is C31H36N2O4. The molecule has 4 rings (SSSR count). The van der Waals surface area contributed by atoms with Crippen LogP contribution in [-0.2, 0) is 22.6 Å². The molecule has 194 valence electrons. The van der Waals surface area contributed by atoms with Crippen molar-refractivity contribution in [3.63, 3.8) is 0 Å². The Kier molecular flexibility index (Phi) is 8.74. The van der Waals surface area contributed by atoms with E-state index in [1.54, 1.807) is 16.8 Å². The van der Waals surface area contributed by atoms with E-state index in [-0.39, 0.29) is 36.5 Å². The lowest BCUT2D eigenvalue weighted by molar-refractivity contribution is -0.132. The second-order valence-corrected chi connectivity index (χ2v) is 9.96. The van der Waals surface area contributed by atoms with E-state index < -0.39 is 0 Å². The van der Waals surface area contributed by atoms with Crippen molar-refractivity contribution in [2.75, 3.05) is 26.7 Å². The van der Waals surface area contributed by atoms with Crippen LogP contribution in [0.2, 0.25) is 0 Å². The van der Waals surface area contributed by atoms with Crippen LogP contribution < -0.4 is 0 Å². The third kappa shape index (κ3) is 6.27. The van der Waals surface area contributed by atoms with Gasteiger partial charge in [-0.05, 0) is 35.2 Å². The molecular weight excluding hydrogens is 464 g/mol. The van der Waals surface area contributed by atoms with Crippen LogP contribution in [0.15, 0.2) is 78.9 Å². The van der Waals surface area contributed by atoms with Gasteiger partial charge >= 0.3 is 0 Å². The third-order valence-electron chi connectivity index (χ3n) is 7.17. The van der Waals surface area contributed by atoms with Crippen LogP contribution in [-0.4, -0.2) is 65.6 Å². The Morgan fingerprint density at radius 3 is 2.32 bits per heavy atom. The van der Waals surface area contributed by atoms with E-state index in [2.05, 4.69) is 0 Å². The van der Waals surface area contributed by atoms with E-state index >= 15 is 0 Å². The Bertz CT molecular complexity index is 1210. The Labute approximate surface area is 219 Å². The second-order valence-electron chi connectivity index (χ2n) is 9.96. The number of benzene rings is 3. The molecule has 0 radical (unpaired) electrons. The summed E-state index contributed by atoms with van der Waals surface area (Å²) in [6.07, 6.45) is 0.0168. The summed E-state index contributed by atoms with van der Waals surface area (Å²) < 4.78 is 6.50. The number of aliphatic hydroxyl groups excluding tert-OH is 1. The van der Waals surface area contributed by atoms with Crippen molar-refractivity contribution in [1.82, 2.24) is 9.80 Å². The maximum Gasteiger partial charge on any atom is 0.254 e. The predicted molar refractivity (Wildman–Crippen MR) is 145 cm³/mol. The summed E-state index contributed by atoms with van der Waals surface area (Å²) in [5, 5.41) is 9.99. The van der Waals surface area contributed by atoms with Crippen molar-refractivity contribution >= 4 is 11.8 Å². The molecule has 0 saturated carbocycles. The van der Waals surface area contributed by atoms with Gasteiger partial charge in [-0.25, -0.2) is 0 Å². The van der Waals surface area contributed by atoms with Crippen LogP contribution in [0, 0.1) is 5.92 Å². The molecule has 0 unspecified atom stereocenters. The number of nitrogens with zero attached hydrogens (tertiary/aromatic N) is 2. The molecule has 0 bridgehead atoms. The highest BCUT2D eigenvalue weighted by Crippen LogP contribution is 2.31. The van der Waals surface area contributed by atoms with Gasteiger partial charge in [0.15, 0.2) is 0 Å². The maximum atomic E-state index is 13.9. The number of rotatable bonds is 6. The molecule has 6 heteroatoms. The molecule has 3 aromatic carbocycles. The molecule has 3 aromatic rings. The number of carbonyl (C=O) groups is 2. The molecule has 1 heterocycles. The second kappa shape index (κ2) is 12.2. The largest absolute Gasteiger partial charge is 0.394 e. The van der Waals surface area contributed by atoms with Crippen molar-refractivity contribution in [1.29, 1.82) is 0 Å². The first-order valence-corrected chi connectivity index (χ1v) is 12.9. The summed E-state index contributed by atoms with van der Waals surface area (Å²) in [4.78, 5) is 30.3. The first-order valence-electron chi connectivity index (χ1n) is 12.9. The molecule has 3 atom stereocenters. The topological polar surface area (TPSA) is 70.1 Å². The standard InChI is InChI=1S/C31H36N2O4/c1-22-18-33(23(2)20-34)31(36)28-16-10-9-15-27(28)26-14-8-7-13-25(26)21-37-29(22)19-32(3)30(35)17-24-11-5-4-6-12-24/h4-16,22-23,29,34H,17-21H2,1-3H3/t22-,23-,29-/m0/s1. The lowest BCUT2D eigenvalue weighted by atomic mass is 9.94. The molecule has 0 spiro atoms. The molecule has 0 saturated heterocycles. The lowest BCUT2D eigenvalue weighted by Crippen LogP contribution is -2.47. The summed E-state index contributed by atoms with van der Waals surface area (Å²) in [6, 6.07) is 24.9. The molecule has 37 heavy (non-hydrogen) atoms. The quantitative estimate of drug-likeness (QED) is 0.544. The number of aliphatic hydroxyl groups is 1. The van der Waals surface area contributed by atoms with E-state index in [0.717, 1.165) is 22.3 Å². The van der Waals surface area contributed by atoms with Crippen molar-refractivity contribution < 1.29 is 19.4 Å². The van der Waals surface area contributed by atoms with Crippen LogP contribution in [0.4, 0.5) is 0 Å². The Morgan fingerprint density at radius 2 is 1.62 bits per heavy atom. The molecule has 0 aromatic heterocycles. The highest BCUT2D eigenvalue weighted by molar-refractivity contribution is 6.01. The zero-order chi connectivity index (χ0) is 26.4. The van der Waals surface area contributed by atoms with Gasteiger partial charge in [0.05, 0.1) is 31.8 Å². The molecule has 0 fully saturated rings. The van der Waals surface area contributed by atoms with Gasteiger partial charge in [0.25, 0.3) is 5.91 Å². The summed E-state index contributed by atoms with van der Waals surface area (Å²) >= 11 is 0. The highest BCUT2D eigenvalue weighted by Gasteiger charge is 2.31. The number of amides is 2. The van der Waals surface area contributed by atoms with Crippen molar-refractivity contribution in [2.45, 2.75) is 39.0 Å². The van der Waals surface area contributed by atoms with Crippen LogP contribution >= 0.6 is 0 Å². The van der Waals surface area contributed by atoms with Gasteiger partial charge in [-0.2, -0.15) is 0 Å². The first-order chi connectivity index (χ1) is 17.9. The van der Waals surface area contributed by atoms with Gasteiger partial charge in [0, 0.05) is 31.6 Å². The normalized spacial score (nSPS) is 18.8. The molecule has 2 amide bonds. The van der Waals surface area contributed by atoms with Crippen LogP contribution in [0.25, 0.3) is 11.1 Å². The molecule has 1 aliphatic rings. The third-order valence-corrected chi connectivity index (χ3v) is 7.17. The maximum absolute atomic E-state index is 13.9. The zero-order valence-corrected chi connectivity index (χ0v) is 21.8. The van der Waals surface area contributed by atoms with Crippen LogP contribution in [0.5, 0.6) is 0 Å². The summed E-state index contributed by atoms with van der Waals surface area (Å²) in [6.45, 7) is 4.92. The predicted octanol–water partition coefficient (Wildman–Crippen LogP) is 4.41. The first kappa shape index (κ1) is 26.6. The molecule has 1 N–H and O–H groups in total. The van der Waals surface area contributed by atoms with Gasteiger partial charge in [-0.1, -0.05) is 79.7 Å². The van der Waals surface area contributed by atoms with E-state index in [9.17, 15) is 14.7 Å². The monoisotopic (exact) mass is 500 g/mol. The number of likely N-dealkylation sites (N-methyl/N-ethyl adjacent to an activating group) is 1. The van der Waals surface area contributed by atoms with Crippen LogP contribution in [0.3, 0.4) is 0 Å². The van der Waals surface area contributed by atoms with Gasteiger partial charge < -0.3 is 19.6 Å². The fraction of sp³-hybridized carbons (Fsp3) is 0.355. The molecule has 1 aliphatic heterocycles. The van der Waals surface area contributed by atoms with Crippen molar-refractivity contribution in [3.05, 3.63) is 95.6 Å². The number of ether oxygens (including phenoxy) is 1. The summed E-state index contributed by atoms with van der Waals surface area (Å²) in [7, 11) is 1.80. The Balaban J connectivity index is 1.66. The summed E-state index contributed by atoms with van der Waals surface area (Å²) in [5.41, 5.74) is 4.36. The average molecular weight is 501 g/mol.